The molecule has 0 unspecified atom stereocenters. The number of hydrogen-bond donors (Lipinski definition) is 1. The van der Waals surface area contributed by atoms with Crippen molar-refractivity contribution in [3.63, 3.8) is 0 Å². The minimum atomic E-state index is -0.474. The Labute approximate surface area is 210 Å². The van der Waals surface area contributed by atoms with Gasteiger partial charge < -0.3 is 15.2 Å². The number of hydrogen-bond acceptors (Lipinski definition) is 5. The lowest BCUT2D eigenvalue weighted by atomic mass is 9.79. The molecule has 0 radical (unpaired) electrons. The van der Waals surface area contributed by atoms with Gasteiger partial charge in [-0.15, -0.1) is 12.4 Å². The minimum Gasteiger partial charge on any atom is -0.493 e. The van der Waals surface area contributed by atoms with E-state index in [1.165, 1.54) is 7.11 Å². The standard InChI is InChI=1S/C28H37NO4.ClH/c1-27(2,3)21-16-20(17-22(18-21)28(4,5)6)24(30)12-10-19-9-11-23(26(31)32-7)25(15-19)33-14-8-13-29;/h9-12,15-18H,8,13-14,29H2,1-7H3;1H/b12-10+;. The molecule has 5 nitrogen and oxygen atoms in total. The Balaban J connectivity index is 0.00000578. The SMILES string of the molecule is COC(=O)c1ccc(/C=C/C(=O)c2cc(C(C)(C)C)cc(C(C)(C)C)c2)cc1OCCCN.Cl. The van der Waals surface area contributed by atoms with Crippen LogP contribution in [0.5, 0.6) is 5.75 Å². The molecule has 0 fully saturated rings. The Morgan fingerprint density at radius 2 is 1.53 bits per heavy atom. The highest BCUT2D eigenvalue weighted by atomic mass is 35.5. The smallest absolute Gasteiger partial charge is 0.341 e. The second-order valence-electron chi connectivity index (χ2n) is 10.2. The van der Waals surface area contributed by atoms with Crippen LogP contribution in [-0.4, -0.2) is 32.0 Å². The zero-order valence-corrected chi connectivity index (χ0v) is 22.2. The number of ether oxygens (including phenoxy) is 2. The molecule has 2 aromatic rings. The van der Waals surface area contributed by atoms with Crippen molar-refractivity contribution >= 4 is 30.2 Å². The van der Waals surface area contributed by atoms with Gasteiger partial charge in [0.05, 0.1) is 13.7 Å². The van der Waals surface area contributed by atoms with Gasteiger partial charge in [-0.25, -0.2) is 4.79 Å². The topological polar surface area (TPSA) is 78.6 Å². The maximum absolute atomic E-state index is 13.1. The molecule has 0 aromatic heterocycles. The minimum absolute atomic E-state index is 0. The van der Waals surface area contributed by atoms with Crippen LogP contribution in [0, 0.1) is 0 Å². The summed E-state index contributed by atoms with van der Waals surface area (Å²) in [7, 11) is 1.33. The van der Waals surface area contributed by atoms with Crippen LogP contribution in [0.3, 0.4) is 0 Å². The number of allylic oxidation sites excluding steroid dienone is 1. The predicted molar refractivity (Wildman–Crippen MR) is 141 cm³/mol. The Morgan fingerprint density at radius 1 is 0.941 bits per heavy atom. The van der Waals surface area contributed by atoms with Gasteiger partial charge in [0.2, 0.25) is 0 Å². The van der Waals surface area contributed by atoms with E-state index in [4.69, 9.17) is 15.2 Å². The van der Waals surface area contributed by atoms with Crippen LogP contribution in [-0.2, 0) is 15.6 Å². The third-order valence-electron chi connectivity index (χ3n) is 5.39. The zero-order chi connectivity index (χ0) is 24.8. The number of carbonyl (C=O) groups is 2. The number of esters is 1. The number of ketones is 1. The molecule has 0 heterocycles. The Bertz CT molecular complexity index is 997. The first-order chi connectivity index (χ1) is 15.4. The van der Waals surface area contributed by atoms with E-state index in [0.717, 1.165) is 16.7 Å². The van der Waals surface area contributed by atoms with Crippen molar-refractivity contribution in [1.82, 2.24) is 0 Å². The fourth-order valence-corrected chi connectivity index (χ4v) is 3.21. The van der Waals surface area contributed by atoms with E-state index in [2.05, 4.69) is 47.6 Å². The molecule has 2 N–H and O–H groups in total. The summed E-state index contributed by atoms with van der Waals surface area (Å²) in [5, 5.41) is 0. The fourth-order valence-electron chi connectivity index (χ4n) is 3.21. The molecular weight excluding hydrogens is 450 g/mol. The number of nitrogens with two attached hydrogens (primary N) is 1. The van der Waals surface area contributed by atoms with E-state index >= 15 is 0 Å². The van der Waals surface area contributed by atoms with Crippen molar-refractivity contribution < 1.29 is 19.1 Å². The Kier molecular flexibility index (Phi) is 10.5. The zero-order valence-electron chi connectivity index (χ0n) is 21.4. The summed E-state index contributed by atoms with van der Waals surface area (Å²) < 4.78 is 10.6. The van der Waals surface area contributed by atoms with E-state index in [9.17, 15) is 9.59 Å². The average Bonchev–Trinajstić information content (AvgIpc) is 2.75. The van der Waals surface area contributed by atoms with Gasteiger partial charge in [0.1, 0.15) is 11.3 Å². The fraction of sp³-hybridized carbons (Fsp3) is 0.429. The Hall–Kier alpha value is -2.63. The number of rotatable bonds is 8. The largest absolute Gasteiger partial charge is 0.493 e. The molecule has 0 spiro atoms. The summed E-state index contributed by atoms with van der Waals surface area (Å²) >= 11 is 0. The van der Waals surface area contributed by atoms with E-state index in [1.54, 1.807) is 30.4 Å². The summed E-state index contributed by atoms with van der Waals surface area (Å²) in [4.78, 5) is 25.1. The molecule has 186 valence electrons. The molecule has 0 aliphatic rings. The van der Waals surface area contributed by atoms with Gasteiger partial charge in [-0.3, -0.25) is 4.79 Å². The third-order valence-corrected chi connectivity index (χ3v) is 5.39. The van der Waals surface area contributed by atoms with Crippen molar-refractivity contribution in [2.75, 3.05) is 20.3 Å². The molecule has 0 aliphatic heterocycles. The first-order valence-corrected chi connectivity index (χ1v) is 11.3. The van der Waals surface area contributed by atoms with Crippen molar-refractivity contribution in [2.45, 2.75) is 58.8 Å². The summed E-state index contributed by atoms with van der Waals surface area (Å²) in [5.74, 6) is -0.137. The van der Waals surface area contributed by atoms with Crippen LogP contribution < -0.4 is 10.5 Å². The second-order valence-corrected chi connectivity index (χ2v) is 10.2. The molecule has 2 rings (SSSR count). The van der Waals surface area contributed by atoms with E-state index in [-0.39, 0.29) is 29.0 Å². The summed E-state index contributed by atoms with van der Waals surface area (Å²) in [6.45, 7) is 13.8. The number of benzene rings is 2. The van der Waals surface area contributed by atoms with Crippen LogP contribution in [0.25, 0.3) is 6.08 Å². The molecular formula is C28H38ClNO4. The van der Waals surface area contributed by atoms with E-state index in [1.807, 2.05) is 12.1 Å². The Morgan fingerprint density at radius 3 is 2.03 bits per heavy atom. The van der Waals surface area contributed by atoms with Gasteiger partial charge in [0, 0.05) is 5.56 Å². The maximum Gasteiger partial charge on any atom is 0.341 e. The predicted octanol–water partition coefficient (Wildman–Crippen LogP) is 6.11. The van der Waals surface area contributed by atoms with Crippen molar-refractivity contribution in [3.8, 4) is 5.75 Å². The third kappa shape index (κ3) is 8.00. The van der Waals surface area contributed by atoms with E-state index in [0.29, 0.717) is 36.4 Å². The number of halogens is 1. The van der Waals surface area contributed by atoms with Crippen LogP contribution in [0.2, 0.25) is 0 Å². The summed E-state index contributed by atoms with van der Waals surface area (Å²) in [6, 6.07) is 11.3. The van der Waals surface area contributed by atoms with Crippen LogP contribution >= 0.6 is 12.4 Å². The number of carbonyl (C=O) groups excluding carboxylic acids is 2. The molecule has 0 saturated heterocycles. The highest BCUT2D eigenvalue weighted by Gasteiger charge is 2.21. The van der Waals surface area contributed by atoms with Gasteiger partial charge in [-0.2, -0.15) is 0 Å². The highest BCUT2D eigenvalue weighted by Crippen LogP contribution is 2.31. The molecule has 0 aliphatic carbocycles. The van der Waals surface area contributed by atoms with Crippen molar-refractivity contribution in [2.24, 2.45) is 5.73 Å². The van der Waals surface area contributed by atoms with Crippen molar-refractivity contribution in [1.29, 1.82) is 0 Å². The van der Waals surface area contributed by atoms with Crippen LogP contribution in [0.1, 0.15) is 85.4 Å². The molecule has 0 bridgehead atoms. The van der Waals surface area contributed by atoms with Gasteiger partial charge in [0.25, 0.3) is 0 Å². The lowest BCUT2D eigenvalue weighted by Crippen LogP contribution is -2.17. The first kappa shape index (κ1) is 29.4. The normalized spacial score (nSPS) is 11.8. The summed E-state index contributed by atoms with van der Waals surface area (Å²) in [6.07, 6.45) is 3.96. The first-order valence-electron chi connectivity index (χ1n) is 11.3. The maximum atomic E-state index is 13.1. The van der Waals surface area contributed by atoms with Gasteiger partial charge in [-0.1, -0.05) is 59.8 Å². The average molecular weight is 488 g/mol. The lowest BCUT2D eigenvalue weighted by Gasteiger charge is -2.25. The van der Waals surface area contributed by atoms with Crippen LogP contribution in [0.4, 0.5) is 0 Å². The van der Waals surface area contributed by atoms with E-state index < -0.39 is 5.97 Å². The molecule has 0 atom stereocenters. The molecule has 2 aromatic carbocycles. The summed E-state index contributed by atoms with van der Waals surface area (Å²) in [5.41, 5.74) is 9.41. The molecule has 0 saturated carbocycles. The molecule has 0 amide bonds. The van der Waals surface area contributed by atoms with Gasteiger partial charge in [-0.05, 0) is 70.8 Å². The molecule has 34 heavy (non-hydrogen) atoms. The highest BCUT2D eigenvalue weighted by molar-refractivity contribution is 6.07. The monoisotopic (exact) mass is 487 g/mol. The van der Waals surface area contributed by atoms with Crippen LogP contribution in [0.15, 0.2) is 42.5 Å². The van der Waals surface area contributed by atoms with Gasteiger partial charge >= 0.3 is 5.97 Å². The number of methoxy groups -OCH3 is 1. The van der Waals surface area contributed by atoms with Gasteiger partial charge in [0.15, 0.2) is 5.78 Å². The molecule has 6 heteroatoms. The van der Waals surface area contributed by atoms with Crippen molar-refractivity contribution in [3.05, 3.63) is 70.3 Å². The second kappa shape index (κ2) is 12.2. The lowest BCUT2D eigenvalue weighted by molar-refractivity contribution is 0.0596. The quantitative estimate of drug-likeness (QED) is 0.210.